The Morgan fingerprint density at radius 3 is 1.61 bits per heavy atom. The molecule has 0 amide bonds. The number of hydrogen-bond donors (Lipinski definition) is 18. The van der Waals surface area contributed by atoms with Crippen LogP contribution in [0.3, 0.4) is 0 Å². The van der Waals surface area contributed by atoms with Gasteiger partial charge in [-0.2, -0.15) is 0 Å². The Hall–Kier alpha value is -1.95. The third-order valence-corrected chi connectivity index (χ3v) is 24.7. The fourth-order valence-electron chi connectivity index (χ4n) is 19.1. The molecule has 11 rings (SSSR count). The Bertz CT molecular complexity index is 2700. The number of fused-ring (bicyclic) bond motifs is 7. The van der Waals surface area contributed by atoms with Gasteiger partial charge in [0.25, 0.3) is 0 Å². The summed E-state index contributed by atoms with van der Waals surface area (Å²) in [6.45, 7) is 14.1. The van der Waals surface area contributed by atoms with Gasteiger partial charge in [-0.05, 0) is 106 Å². The van der Waals surface area contributed by atoms with Gasteiger partial charge in [-0.3, -0.25) is 4.79 Å². The van der Waals surface area contributed by atoms with E-state index in [1.807, 2.05) is 6.92 Å². The third kappa shape index (κ3) is 12.5. The molecular weight excluding hydrogens is 1260 g/mol. The number of carbonyl (C=O) groups is 1. The van der Waals surface area contributed by atoms with Gasteiger partial charge in [0.05, 0.1) is 68.5 Å². The zero-order valence-electron chi connectivity index (χ0n) is 55.0. The molecule has 11 aliphatic rings. The van der Waals surface area contributed by atoms with E-state index in [1.54, 1.807) is 6.92 Å². The first-order chi connectivity index (χ1) is 44.4. The number of aliphatic hydroxyl groups is 18. The monoisotopic (exact) mass is 1370 g/mol. The van der Waals surface area contributed by atoms with E-state index in [0.29, 0.717) is 32.1 Å². The predicted octanol–water partition coefficient (Wildman–Crippen LogP) is -5.11. The van der Waals surface area contributed by atoms with Crippen molar-refractivity contribution in [2.75, 3.05) is 26.4 Å². The van der Waals surface area contributed by atoms with E-state index in [-0.39, 0.29) is 30.6 Å². The largest absolute Gasteiger partial charge is 0.432 e. The summed E-state index contributed by atoms with van der Waals surface area (Å²) in [7, 11) is 0. The maximum Gasteiger partial charge on any atom is 0.315 e. The minimum Gasteiger partial charge on any atom is -0.432 e. The molecule has 39 atom stereocenters. The van der Waals surface area contributed by atoms with Gasteiger partial charge in [0.1, 0.15) is 110 Å². The first-order valence-electron chi connectivity index (χ1n) is 33.6. The topological polar surface area (TPSA) is 492 Å². The molecule has 6 aliphatic heterocycles. The van der Waals surface area contributed by atoms with Crippen LogP contribution in [0.15, 0.2) is 11.6 Å². The fourth-order valence-corrected chi connectivity index (χ4v) is 19.1. The molecule has 95 heavy (non-hydrogen) atoms. The molecule has 31 heteroatoms. The van der Waals surface area contributed by atoms with Crippen LogP contribution in [-0.4, -0.2) is 315 Å². The van der Waals surface area contributed by atoms with Gasteiger partial charge in [0.15, 0.2) is 37.6 Å². The van der Waals surface area contributed by atoms with Gasteiger partial charge in [-0.1, -0.05) is 53.2 Å². The van der Waals surface area contributed by atoms with Crippen LogP contribution in [-0.2, 0) is 61.6 Å². The molecule has 6 heterocycles. The number of aliphatic hydroxyl groups excluding tert-OH is 18. The zero-order valence-corrected chi connectivity index (χ0v) is 55.0. The molecule has 6 saturated heterocycles. The van der Waals surface area contributed by atoms with Gasteiger partial charge < -0.3 is 149 Å². The van der Waals surface area contributed by atoms with Crippen LogP contribution in [0, 0.1) is 50.2 Å². The van der Waals surface area contributed by atoms with Crippen LogP contribution < -0.4 is 0 Å². The summed E-state index contributed by atoms with van der Waals surface area (Å²) < 4.78 is 72.4. The van der Waals surface area contributed by atoms with Crippen LogP contribution in [0.2, 0.25) is 0 Å². The molecule has 546 valence electrons. The van der Waals surface area contributed by atoms with Gasteiger partial charge in [0, 0.05) is 11.3 Å². The summed E-state index contributed by atoms with van der Waals surface area (Å²) in [5.41, 5.74) is -4.17. The van der Waals surface area contributed by atoms with Crippen molar-refractivity contribution >= 4 is 5.97 Å². The molecule has 0 radical (unpaired) electrons. The second-order valence-corrected chi connectivity index (χ2v) is 31.1. The second kappa shape index (κ2) is 27.3. The molecule has 0 aromatic rings. The molecule has 31 nitrogen and oxygen atoms in total. The Balaban J connectivity index is 0.843. The van der Waals surface area contributed by atoms with E-state index in [4.69, 9.17) is 56.8 Å². The van der Waals surface area contributed by atoms with Crippen molar-refractivity contribution in [3.63, 3.8) is 0 Å². The predicted molar refractivity (Wildman–Crippen MR) is 316 cm³/mol. The second-order valence-electron chi connectivity index (χ2n) is 31.1. The molecule has 0 bridgehead atoms. The fraction of sp³-hybridized carbons (Fsp3) is 0.953. The van der Waals surface area contributed by atoms with E-state index in [9.17, 15) is 91.9 Å². The van der Waals surface area contributed by atoms with Crippen molar-refractivity contribution in [2.45, 2.75) is 304 Å². The van der Waals surface area contributed by atoms with Crippen LogP contribution in [0.25, 0.3) is 0 Å². The van der Waals surface area contributed by atoms with E-state index in [2.05, 4.69) is 33.8 Å². The van der Waals surface area contributed by atoms with E-state index in [0.717, 1.165) is 5.57 Å². The first-order valence-corrected chi connectivity index (χ1v) is 33.6. The Morgan fingerprint density at radius 2 is 1.00 bits per heavy atom. The average Bonchev–Trinajstić information content (AvgIpc) is 0.669. The van der Waals surface area contributed by atoms with Gasteiger partial charge in [-0.25, -0.2) is 0 Å². The van der Waals surface area contributed by atoms with Crippen LogP contribution in [0.5, 0.6) is 0 Å². The average molecular weight is 1370 g/mol. The lowest BCUT2D eigenvalue weighted by atomic mass is 9.33. The van der Waals surface area contributed by atoms with Gasteiger partial charge >= 0.3 is 5.97 Å². The van der Waals surface area contributed by atoms with Crippen molar-refractivity contribution in [1.82, 2.24) is 0 Å². The quantitative estimate of drug-likeness (QED) is 0.0439. The highest BCUT2D eigenvalue weighted by Crippen LogP contribution is 2.76. The summed E-state index contributed by atoms with van der Waals surface area (Å²) in [6.07, 6.45) is -45.6. The van der Waals surface area contributed by atoms with Crippen molar-refractivity contribution in [1.29, 1.82) is 0 Å². The minimum atomic E-state index is -2.08. The highest BCUT2D eigenvalue weighted by atomic mass is 16.8. The van der Waals surface area contributed by atoms with Crippen molar-refractivity contribution < 1.29 is 154 Å². The highest BCUT2D eigenvalue weighted by molar-refractivity contribution is 5.79. The number of rotatable bonds is 14. The molecular formula is C64H104O31. The summed E-state index contributed by atoms with van der Waals surface area (Å²) in [5.74, 6) is -2.09. The van der Waals surface area contributed by atoms with Crippen LogP contribution in [0.1, 0.15) is 114 Å². The van der Waals surface area contributed by atoms with Gasteiger partial charge in [-0.15, -0.1) is 0 Å². The van der Waals surface area contributed by atoms with E-state index < -0.39 is 262 Å². The molecule has 0 aromatic heterocycles. The summed E-state index contributed by atoms with van der Waals surface area (Å²) >= 11 is 0. The summed E-state index contributed by atoms with van der Waals surface area (Å²) in [4.78, 5) is 15.7. The van der Waals surface area contributed by atoms with Crippen LogP contribution in [0.4, 0.5) is 0 Å². The number of allylic oxidation sites excluding steroid dienone is 2. The SMILES string of the molecule is C[C@@H]1O[C@@H](O[C@@H]2[C@@H](O)[C@H](O[C@@H]3[C@@H](O[C@@H]4O[C@@H](C)[C@H](O)[C@@H](O)[C@H]4O)[C@@H](O)[C@H](O[C@H]4[C@H](OC(=O)[C@]56CCC(C)(C)C[C@H]5C5=CC[C@@H]7[C@@]8(C)C[C@H](O)[C@H](O[C@@H]9O[C@H](CO)[C@@H](O)[C@H](O)[C@H]9O)[C@@](C)(CO)[C@@H]8[C@H](O)C[C@@]7(C)[C@]5(C)CC6)OC[C@@H](O)[C@@H]4O)O[C@H]3C)OC[C@H]2O)[C@H](O)[C@H](O)[C@H]1O. The molecule has 0 spiro atoms. The lowest BCUT2D eigenvalue weighted by molar-refractivity contribution is -0.395. The first kappa shape index (κ1) is 74.2. The van der Waals surface area contributed by atoms with Crippen molar-refractivity contribution in [2.24, 2.45) is 50.2 Å². The number of carbonyl (C=O) groups excluding carboxylic acids is 1. The summed E-state index contributed by atoms with van der Waals surface area (Å²) in [6, 6.07) is 0. The molecule has 0 unspecified atom stereocenters. The summed E-state index contributed by atoms with van der Waals surface area (Å²) in [5, 5.41) is 201. The lowest BCUT2D eigenvalue weighted by Crippen LogP contribution is -2.72. The maximum atomic E-state index is 15.7. The molecule has 5 aliphatic carbocycles. The molecule has 18 N–H and O–H groups in total. The molecule has 10 fully saturated rings. The normalized spacial score (nSPS) is 56.4. The number of esters is 1. The minimum absolute atomic E-state index is 0.0761. The Labute approximate surface area is 550 Å². The zero-order chi connectivity index (χ0) is 69.5. The van der Waals surface area contributed by atoms with Crippen molar-refractivity contribution in [3.8, 4) is 0 Å². The third-order valence-electron chi connectivity index (χ3n) is 24.7. The van der Waals surface area contributed by atoms with Gasteiger partial charge in [0.2, 0.25) is 6.29 Å². The maximum absolute atomic E-state index is 15.7. The standard InChI is InChI=1S/C64H104O31/c1-23-34(71)38(75)41(78)53(86-23)91-47-31(70)21-84-52(44(47)81)90-46-25(3)88-56(45(82)48(46)92-54-42(79)39(76)35(72)24(2)87-54)93-49-36(73)30(69)20-85-57(49)95-58(83)64-14-12-59(4,5)16-27(64)26-10-11-33-60(6)17-29(68)51(94-55-43(80)40(77)37(74)32(19-65)89-55)61(7,22-66)50(60)28(67)18-63(33,9)62(26,8)13-15-64/h10,23-25,27-57,65-82H,11-22H2,1-9H3/t23-,24-,25-,27-,28+,29-,30+,31+,32+,33+,34-,35-,36-,37+,38+,39+,40-,41+,42+,43+,44+,45+,46-,47-,48-,49+,50+,51-,52-,53-,54-,55-,56-,57-,60+,61-,62+,63+,64-/m0/s1. The number of ether oxygens (including phenoxy) is 12. The highest BCUT2D eigenvalue weighted by Gasteiger charge is 2.74. The smallest absolute Gasteiger partial charge is 0.315 e. The Kier molecular flexibility index (Phi) is 21.4. The Morgan fingerprint density at radius 1 is 0.484 bits per heavy atom. The molecule has 4 saturated carbocycles. The van der Waals surface area contributed by atoms with E-state index in [1.165, 1.54) is 20.8 Å². The lowest BCUT2D eigenvalue weighted by Gasteiger charge is -2.72. The van der Waals surface area contributed by atoms with Crippen LogP contribution >= 0.6 is 0 Å². The van der Waals surface area contributed by atoms with Crippen molar-refractivity contribution in [3.05, 3.63) is 11.6 Å². The molecule has 0 aromatic carbocycles. The number of hydrogen-bond acceptors (Lipinski definition) is 31. The van der Waals surface area contributed by atoms with E-state index >= 15 is 4.79 Å².